The summed E-state index contributed by atoms with van der Waals surface area (Å²) in [4.78, 5) is -0.115. The van der Waals surface area contributed by atoms with Gasteiger partial charge in [0.1, 0.15) is 0 Å². The van der Waals surface area contributed by atoms with Crippen molar-refractivity contribution in [2.24, 2.45) is 0 Å². The van der Waals surface area contributed by atoms with Crippen molar-refractivity contribution in [3.63, 3.8) is 0 Å². The SMILES string of the molecule is Cc1c(Cl)cc(S(=O)(=O)Nc2ccc(S(=O)(=O)CCO)cc2)cc1Cl. The number of nitrogens with one attached hydrogen (secondary N) is 1. The van der Waals surface area contributed by atoms with Gasteiger partial charge in [0, 0.05) is 15.7 Å². The normalized spacial score (nSPS) is 12.2. The van der Waals surface area contributed by atoms with Crippen LogP contribution in [0.1, 0.15) is 5.56 Å². The van der Waals surface area contributed by atoms with Crippen LogP contribution >= 0.6 is 23.2 Å². The summed E-state index contributed by atoms with van der Waals surface area (Å²) in [5.41, 5.74) is 0.747. The Morgan fingerprint density at radius 3 is 1.96 bits per heavy atom. The molecule has 0 amide bonds. The lowest BCUT2D eigenvalue weighted by Crippen LogP contribution is -2.14. The molecule has 0 aliphatic carbocycles. The highest BCUT2D eigenvalue weighted by molar-refractivity contribution is 7.92. The summed E-state index contributed by atoms with van der Waals surface area (Å²) in [7, 11) is -7.54. The molecule has 10 heteroatoms. The van der Waals surface area contributed by atoms with Crippen LogP contribution in [0.25, 0.3) is 0 Å². The number of benzene rings is 2. The van der Waals surface area contributed by atoms with Crippen molar-refractivity contribution in [3.05, 3.63) is 52.0 Å². The van der Waals surface area contributed by atoms with Gasteiger partial charge < -0.3 is 5.11 Å². The fourth-order valence-electron chi connectivity index (χ4n) is 1.96. The van der Waals surface area contributed by atoms with E-state index in [-0.39, 0.29) is 25.5 Å². The largest absolute Gasteiger partial charge is 0.395 e. The molecular weight excluding hydrogens is 409 g/mol. The van der Waals surface area contributed by atoms with Crippen molar-refractivity contribution in [1.82, 2.24) is 0 Å². The van der Waals surface area contributed by atoms with Crippen LogP contribution in [0, 0.1) is 6.92 Å². The lowest BCUT2D eigenvalue weighted by Gasteiger charge is -2.11. The van der Waals surface area contributed by atoms with Crippen LogP contribution in [0.2, 0.25) is 10.0 Å². The van der Waals surface area contributed by atoms with Gasteiger partial charge in [-0.15, -0.1) is 0 Å². The molecule has 25 heavy (non-hydrogen) atoms. The molecule has 0 aromatic heterocycles. The zero-order valence-corrected chi connectivity index (χ0v) is 16.2. The molecule has 0 aliphatic heterocycles. The summed E-state index contributed by atoms with van der Waals surface area (Å²) in [5.74, 6) is -0.404. The molecular formula is C15H15Cl2NO5S2. The molecule has 2 rings (SSSR count). The van der Waals surface area contributed by atoms with E-state index in [0.29, 0.717) is 5.56 Å². The average Bonchev–Trinajstić information content (AvgIpc) is 2.52. The van der Waals surface area contributed by atoms with E-state index in [2.05, 4.69) is 4.72 Å². The second kappa shape index (κ2) is 7.51. The lowest BCUT2D eigenvalue weighted by atomic mass is 10.2. The van der Waals surface area contributed by atoms with Gasteiger partial charge in [-0.25, -0.2) is 16.8 Å². The second-order valence-electron chi connectivity index (χ2n) is 5.18. The molecule has 2 aromatic rings. The molecule has 0 saturated carbocycles. The van der Waals surface area contributed by atoms with Crippen LogP contribution in [0.4, 0.5) is 5.69 Å². The predicted octanol–water partition coefficient (Wildman–Crippen LogP) is 2.87. The van der Waals surface area contributed by atoms with Gasteiger partial charge in [0.15, 0.2) is 9.84 Å². The summed E-state index contributed by atoms with van der Waals surface area (Å²) in [6.07, 6.45) is 0. The van der Waals surface area contributed by atoms with Gasteiger partial charge in [0.25, 0.3) is 10.0 Å². The Labute approximate surface area is 156 Å². The molecule has 2 N–H and O–H groups in total. The first kappa shape index (κ1) is 20.0. The topological polar surface area (TPSA) is 101 Å². The number of rotatable bonds is 6. The molecule has 136 valence electrons. The number of sulfonamides is 1. The van der Waals surface area contributed by atoms with Crippen LogP contribution in [0.3, 0.4) is 0 Å². The summed E-state index contributed by atoms with van der Waals surface area (Å²) < 4.78 is 50.8. The molecule has 6 nitrogen and oxygen atoms in total. The number of aliphatic hydroxyl groups excluding tert-OH is 1. The van der Waals surface area contributed by atoms with Crippen molar-refractivity contribution < 1.29 is 21.9 Å². The van der Waals surface area contributed by atoms with Gasteiger partial charge in [0.05, 0.1) is 22.2 Å². The van der Waals surface area contributed by atoms with Crippen molar-refractivity contribution >= 4 is 48.7 Å². The van der Waals surface area contributed by atoms with Crippen LogP contribution in [0.15, 0.2) is 46.2 Å². The minimum absolute atomic E-state index is 0.00840. The fourth-order valence-corrected chi connectivity index (χ4v) is 4.71. The number of sulfone groups is 1. The second-order valence-corrected chi connectivity index (χ2v) is 9.79. The standard InChI is InChI=1S/C15H15Cl2NO5S2/c1-10-14(16)8-13(9-15(10)17)25(22,23)18-11-2-4-12(5-3-11)24(20,21)7-6-19/h2-5,8-9,18-19H,6-7H2,1H3. The molecule has 0 saturated heterocycles. The number of hydrogen-bond donors (Lipinski definition) is 2. The van der Waals surface area contributed by atoms with E-state index >= 15 is 0 Å². The van der Waals surface area contributed by atoms with E-state index in [9.17, 15) is 16.8 Å². The van der Waals surface area contributed by atoms with E-state index in [4.69, 9.17) is 28.3 Å². The van der Waals surface area contributed by atoms with Crippen LogP contribution in [-0.4, -0.2) is 34.3 Å². The third-order valence-corrected chi connectivity index (χ3v) is 7.25. The molecule has 2 aromatic carbocycles. The van der Waals surface area contributed by atoms with Crippen molar-refractivity contribution in [2.45, 2.75) is 16.7 Å². The quantitative estimate of drug-likeness (QED) is 0.743. The Morgan fingerprint density at radius 1 is 0.960 bits per heavy atom. The first-order valence-corrected chi connectivity index (χ1v) is 10.9. The van der Waals surface area contributed by atoms with E-state index in [0.717, 1.165) is 0 Å². The molecule has 0 fully saturated rings. The van der Waals surface area contributed by atoms with E-state index in [1.54, 1.807) is 6.92 Å². The van der Waals surface area contributed by atoms with Gasteiger partial charge in [-0.3, -0.25) is 4.72 Å². The summed E-state index contributed by atoms with van der Waals surface area (Å²) in [5, 5.41) is 9.21. The molecule has 0 radical (unpaired) electrons. The zero-order chi connectivity index (χ0) is 18.8. The highest BCUT2D eigenvalue weighted by Crippen LogP contribution is 2.29. The molecule has 0 atom stereocenters. The molecule has 0 heterocycles. The number of hydrogen-bond acceptors (Lipinski definition) is 5. The minimum Gasteiger partial charge on any atom is -0.395 e. The maximum atomic E-state index is 12.4. The molecule has 0 spiro atoms. The first-order chi connectivity index (χ1) is 11.6. The van der Waals surface area contributed by atoms with Crippen molar-refractivity contribution in [3.8, 4) is 0 Å². The smallest absolute Gasteiger partial charge is 0.261 e. The predicted molar refractivity (Wildman–Crippen MR) is 97.6 cm³/mol. The van der Waals surface area contributed by atoms with Crippen LogP contribution in [-0.2, 0) is 19.9 Å². The lowest BCUT2D eigenvalue weighted by molar-refractivity contribution is 0.319. The van der Waals surface area contributed by atoms with Gasteiger partial charge in [-0.2, -0.15) is 0 Å². The van der Waals surface area contributed by atoms with E-state index in [1.165, 1.54) is 36.4 Å². The Hall–Kier alpha value is -1.32. The van der Waals surface area contributed by atoms with Crippen molar-refractivity contribution in [1.29, 1.82) is 0 Å². The Morgan fingerprint density at radius 2 is 1.48 bits per heavy atom. The Balaban J connectivity index is 2.30. The molecule has 0 aliphatic rings. The number of aliphatic hydroxyl groups is 1. The Kier molecular flexibility index (Phi) is 6.01. The maximum Gasteiger partial charge on any atom is 0.261 e. The zero-order valence-electron chi connectivity index (χ0n) is 13.0. The summed E-state index contributed by atoms with van der Waals surface area (Å²) in [6.45, 7) is 1.17. The van der Waals surface area contributed by atoms with Crippen LogP contribution < -0.4 is 4.72 Å². The average molecular weight is 424 g/mol. The van der Waals surface area contributed by atoms with Crippen LogP contribution in [0.5, 0.6) is 0 Å². The maximum absolute atomic E-state index is 12.4. The van der Waals surface area contributed by atoms with Gasteiger partial charge in [0.2, 0.25) is 0 Å². The van der Waals surface area contributed by atoms with Gasteiger partial charge in [-0.1, -0.05) is 23.2 Å². The Bertz CT molecular complexity index is 964. The summed E-state index contributed by atoms with van der Waals surface area (Å²) >= 11 is 11.9. The minimum atomic E-state index is -3.94. The highest BCUT2D eigenvalue weighted by atomic mass is 35.5. The van der Waals surface area contributed by atoms with Crippen molar-refractivity contribution in [2.75, 3.05) is 17.1 Å². The van der Waals surface area contributed by atoms with E-state index in [1.807, 2.05) is 0 Å². The van der Waals surface area contributed by atoms with Gasteiger partial charge >= 0.3 is 0 Å². The first-order valence-electron chi connectivity index (χ1n) is 6.99. The highest BCUT2D eigenvalue weighted by Gasteiger charge is 2.18. The molecule has 0 bridgehead atoms. The third kappa shape index (κ3) is 4.65. The summed E-state index contributed by atoms with van der Waals surface area (Å²) in [6, 6.07) is 7.73. The number of halogens is 2. The monoisotopic (exact) mass is 423 g/mol. The fraction of sp³-hybridized carbons (Fsp3) is 0.200. The van der Waals surface area contributed by atoms with E-state index < -0.39 is 32.2 Å². The number of anilines is 1. The van der Waals surface area contributed by atoms with Gasteiger partial charge in [-0.05, 0) is 48.9 Å². The molecule has 0 unspecified atom stereocenters. The third-order valence-electron chi connectivity index (χ3n) is 3.39.